The van der Waals surface area contributed by atoms with E-state index in [2.05, 4.69) is 4.74 Å². The normalized spacial score (nSPS) is 14.3. The first-order valence-corrected chi connectivity index (χ1v) is 5.86. The minimum Gasteiger partial charge on any atom is -0.390 e. The molecule has 0 aliphatic heterocycles. The first-order chi connectivity index (χ1) is 9.35. The molecule has 0 amide bonds. The first-order valence-electron chi connectivity index (χ1n) is 5.86. The second-order valence-electron chi connectivity index (χ2n) is 4.21. The zero-order chi connectivity index (χ0) is 15.2. The third-order valence-electron chi connectivity index (χ3n) is 2.76. The number of alkyl halides is 4. The Bertz CT molecular complexity index is 398. The van der Waals surface area contributed by atoms with Crippen molar-refractivity contribution in [1.82, 2.24) is 0 Å². The van der Waals surface area contributed by atoms with Crippen LogP contribution in [0, 0.1) is 0 Å². The molecule has 1 aromatic rings. The Balaban J connectivity index is 2.59. The summed E-state index contributed by atoms with van der Waals surface area (Å²) in [7, 11) is 0.887. The van der Waals surface area contributed by atoms with Crippen molar-refractivity contribution >= 4 is 0 Å². The Labute approximate surface area is 114 Å². The topological polar surface area (TPSA) is 38.7 Å². The summed E-state index contributed by atoms with van der Waals surface area (Å²) in [4.78, 5) is 0. The van der Waals surface area contributed by atoms with Gasteiger partial charge < -0.3 is 14.6 Å². The highest BCUT2D eigenvalue weighted by Gasteiger charge is 2.61. The van der Waals surface area contributed by atoms with Gasteiger partial charge in [-0.15, -0.1) is 0 Å². The Morgan fingerprint density at radius 1 is 1.15 bits per heavy atom. The van der Waals surface area contributed by atoms with E-state index in [9.17, 15) is 17.6 Å². The Morgan fingerprint density at radius 2 is 1.75 bits per heavy atom. The van der Waals surface area contributed by atoms with E-state index in [4.69, 9.17) is 9.84 Å². The van der Waals surface area contributed by atoms with E-state index in [0.29, 0.717) is 0 Å². The standard InChI is InChI=1S/C13H16F4O3/c1-19-11(13(16,17)12(14,15)9-18)8-20-7-10-5-3-2-4-6-10/h2-6,11,18H,7-9H2,1H3. The van der Waals surface area contributed by atoms with E-state index in [1.165, 1.54) is 0 Å². The lowest BCUT2D eigenvalue weighted by atomic mass is 10.1. The molecule has 0 bridgehead atoms. The van der Waals surface area contributed by atoms with Gasteiger partial charge in [0.25, 0.3) is 0 Å². The molecule has 1 aromatic carbocycles. The fourth-order valence-corrected chi connectivity index (χ4v) is 1.52. The van der Waals surface area contributed by atoms with E-state index in [1.807, 2.05) is 0 Å². The second kappa shape index (κ2) is 7.01. The third kappa shape index (κ3) is 3.91. The van der Waals surface area contributed by atoms with Crippen LogP contribution < -0.4 is 0 Å². The summed E-state index contributed by atoms with van der Waals surface area (Å²) in [5.74, 6) is -9.09. The van der Waals surface area contributed by atoms with Gasteiger partial charge in [0, 0.05) is 7.11 Å². The summed E-state index contributed by atoms with van der Waals surface area (Å²) in [5.41, 5.74) is 0.722. The molecule has 1 unspecified atom stereocenters. The molecule has 0 saturated carbocycles. The summed E-state index contributed by atoms with van der Waals surface area (Å²) in [6.07, 6.45) is -2.15. The fraction of sp³-hybridized carbons (Fsp3) is 0.538. The summed E-state index contributed by atoms with van der Waals surface area (Å²) >= 11 is 0. The van der Waals surface area contributed by atoms with Crippen LogP contribution in [0.3, 0.4) is 0 Å². The van der Waals surface area contributed by atoms with E-state index in [0.717, 1.165) is 12.7 Å². The molecule has 0 radical (unpaired) electrons. The Hall–Kier alpha value is -1.18. The molecule has 0 saturated heterocycles. The minimum atomic E-state index is -4.57. The van der Waals surface area contributed by atoms with Crippen LogP contribution in [0.15, 0.2) is 30.3 Å². The van der Waals surface area contributed by atoms with Gasteiger partial charge in [-0.25, -0.2) is 0 Å². The smallest absolute Gasteiger partial charge is 0.340 e. The number of ether oxygens (including phenoxy) is 2. The van der Waals surface area contributed by atoms with Crippen molar-refractivity contribution in [2.45, 2.75) is 24.6 Å². The highest BCUT2D eigenvalue weighted by Crippen LogP contribution is 2.37. The number of hydrogen-bond donors (Lipinski definition) is 1. The van der Waals surface area contributed by atoms with Crippen molar-refractivity contribution in [3.05, 3.63) is 35.9 Å². The van der Waals surface area contributed by atoms with Crippen LogP contribution in [0.1, 0.15) is 5.56 Å². The van der Waals surface area contributed by atoms with E-state index < -0.39 is 31.2 Å². The molecule has 7 heteroatoms. The van der Waals surface area contributed by atoms with Gasteiger partial charge >= 0.3 is 11.8 Å². The zero-order valence-corrected chi connectivity index (χ0v) is 10.9. The molecule has 114 valence electrons. The van der Waals surface area contributed by atoms with E-state index in [-0.39, 0.29) is 6.61 Å². The fourth-order valence-electron chi connectivity index (χ4n) is 1.52. The molecule has 0 fully saturated rings. The van der Waals surface area contributed by atoms with Gasteiger partial charge in [0.2, 0.25) is 0 Å². The average Bonchev–Trinajstić information content (AvgIpc) is 2.44. The average molecular weight is 296 g/mol. The highest BCUT2D eigenvalue weighted by atomic mass is 19.3. The molecule has 1 atom stereocenters. The van der Waals surface area contributed by atoms with E-state index in [1.54, 1.807) is 30.3 Å². The number of halogens is 4. The van der Waals surface area contributed by atoms with Gasteiger partial charge in [-0.2, -0.15) is 17.6 Å². The van der Waals surface area contributed by atoms with Crippen LogP contribution in [0.5, 0.6) is 0 Å². The number of benzene rings is 1. The Morgan fingerprint density at radius 3 is 2.25 bits per heavy atom. The maximum absolute atomic E-state index is 13.5. The van der Waals surface area contributed by atoms with Crippen molar-refractivity contribution in [3.8, 4) is 0 Å². The second-order valence-corrected chi connectivity index (χ2v) is 4.21. The largest absolute Gasteiger partial charge is 0.390 e. The van der Waals surface area contributed by atoms with E-state index >= 15 is 0 Å². The van der Waals surface area contributed by atoms with Crippen LogP contribution in [0.4, 0.5) is 17.6 Å². The molecule has 3 nitrogen and oxygen atoms in total. The van der Waals surface area contributed by atoms with Crippen LogP contribution in [-0.2, 0) is 16.1 Å². The summed E-state index contributed by atoms with van der Waals surface area (Å²) < 4.78 is 62.3. The highest BCUT2D eigenvalue weighted by molar-refractivity contribution is 5.13. The van der Waals surface area contributed by atoms with Crippen LogP contribution in [-0.4, -0.2) is 43.4 Å². The number of aliphatic hydroxyl groups excluding tert-OH is 1. The first kappa shape index (κ1) is 16.9. The monoisotopic (exact) mass is 296 g/mol. The zero-order valence-electron chi connectivity index (χ0n) is 10.9. The lowest BCUT2D eigenvalue weighted by Crippen LogP contribution is -2.54. The van der Waals surface area contributed by atoms with Crippen molar-refractivity contribution in [2.24, 2.45) is 0 Å². The molecule has 0 aromatic heterocycles. The number of rotatable bonds is 8. The van der Waals surface area contributed by atoms with Crippen molar-refractivity contribution < 1.29 is 32.1 Å². The van der Waals surface area contributed by atoms with Crippen molar-refractivity contribution in [3.63, 3.8) is 0 Å². The predicted octanol–water partition coefficient (Wildman–Crippen LogP) is 2.48. The number of aliphatic hydroxyl groups is 1. The predicted molar refractivity (Wildman–Crippen MR) is 63.9 cm³/mol. The molecule has 1 rings (SSSR count). The molecule has 0 spiro atoms. The third-order valence-corrected chi connectivity index (χ3v) is 2.76. The Kier molecular flexibility index (Phi) is 5.91. The molecule has 0 aliphatic rings. The number of methoxy groups -OCH3 is 1. The summed E-state index contributed by atoms with van der Waals surface area (Å²) in [6, 6.07) is 8.67. The molecule has 0 heterocycles. The van der Waals surface area contributed by atoms with Crippen LogP contribution in [0.2, 0.25) is 0 Å². The van der Waals surface area contributed by atoms with Gasteiger partial charge in [0.1, 0.15) is 6.61 Å². The van der Waals surface area contributed by atoms with Gasteiger partial charge in [-0.05, 0) is 5.56 Å². The lowest BCUT2D eigenvalue weighted by Gasteiger charge is -2.31. The van der Waals surface area contributed by atoms with Crippen molar-refractivity contribution in [1.29, 1.82) is 0 Å². The molecule has 0 aliphatic carbocycles. The minimum absolute atomic E-state index is 0.00146. The quantitative estimate of drug-likeness (QED) is 0.749. The SMILES string of the molecule is COC(COCc1ccccc1)C(F)(F)C(F)(F)CO. The van der Waals surface area contributed by atoms with Crippen LogP contribution in [0.25, 0.3) is 0 Å². The maximum atomic E-state index is 13.5. The molecule has 1 N–H and O–H groups in total. The maximum Gasteiger partial charge on any atom is 0.340 e. The van der Waals surface area contributed by atoms with Gasteiger partial charge in [0.05, 0.1) is 13.2 Å². The molecular weight excluding hydrogens is 280 g/mol. The molecule has 20 heavy (non-hydrogen) atoms. The van der Waals surface area contributed by atoms with Gasteiger partial charge in [-0.3, -0.25) is 0 Å². The van der Waals surface area contributed by atoms with Crippen molar-refractivity contribution in [2.75, 3.05) is 20.3 Å². The summed E-state index contributed by atoms with van der Waals surface area (Å²) in [6.45, 7) is -2.67. The van der Waals surface area contributed by atoms with Gasteiger partial charge in [0.15, 0.2) is 6.10 Å². The van der Waals surface area contributed by atoms with Crippen LogP contribution >= 0.6 is 0 Å². The van der Waals surface area contributed by atoms with Gasteiger partial charge in [-0.1, -0.05) is 30.3 Å². The summed E-state index contributed by atoms with van der Waals surface area (Å²) in [5, 5.41) is 8.35. The molecular formula is C13H16F4O3. The lowest BCUT2D eigenvalue weighted by molar-refractivity contribution is -0.276. The number of hydrogen-bond acceptors (Lipinski definition) is 3.